The maximum Gasteiger partial charge on any atom is 0.149 e. The lowest BCUT2D eigenvalue weighted by molar-refractivity contribution is -0.0300. The van der Waals surface area contributed by atoms with Crippen LogP contribution in [0.3, 0.4) is 0 Å². The molecule has 0 aromatic heterocycles. The van der Waals surface area contributed by atoms with Crippen molar-refractivity contribution in [2.24, 2.45) is 5.16 Å². The Balaban J connectivity index is 1.68. The Labute approximate surface area is 76.9 Å². The van der Waals surface area contributed by atoms with Gasteiger partial charge in [0.2, 0.25) is 0 Å². The average Bonchev–Trinajstić information content (AvgIpc) is 2.86. The van der Waals surface area contributed by atoms with Crippen LogP contribution >= 0.6 is 0 Å². The Bertz CT molecular complexity index is 198. The van der Waals surface area contributed by atoms with Gasteiger partial charge in [-0.1, -0.05) is 5.16 Å². The average molecular weight is 187 g/mol. The quantitative estimate of drug-likeness (QED) is 0.497. The van der Waals surface area contributed by atoms with E-state index < -0.39 is 5.67 Å². The molecule has 2 fully saturated rings. The summed E-state index contributed by atoms with van der Waals surface area (Å²) in [6.45, 7) is 1.45. The number of nitrogens with zero attached hydrogens (tertiary/aromatic N) is 1. The van der Waals surface area contributed by atoms with Gasteiger partial charge in [-0.05, 0) is 12.8 Å². The molecular formula is C9H14FNO2. The summed E-state index contributed by atoms with van der Waals surface area (Å²) in [6.07, 6.45) is 4.31. The first-order valence-corrected chi connectivity index (χ1v) is 4.76. The normalized spacial score (nSPS) is 27.8. The molecule has 0 aromatic carbocycles. The van der Waals surface area contributed by atoms with Gasteiger partial charge in [0.15, 0.2) is 0 Å². The Kier molecular flexibility index (Phi) is 2.49. The lowest BCUT2D eigenvalue weighted by atomic mass is 10.2. The maximum atomic E-state index is 13.0. The predicted octanol–water partition coefficient (Wildman–Crippen LogP) is 1.67. The van der Waals surface area contributed by atoms with Crippen molar-refractivity contribution in [1.82, 2.24) is 0 Å². The monoisotopic (exact) mass is 187 g/mol. The molecule has 0 radical (unpaired) electrons. The van der Waals surface area contributed by atoms with E-state index in [0.29, 0.717) is 12.8 Å². The number of hydrogen-bond donors (Lipinski definition) is 0. The van der Waals surface area contributed by atoms with Crippen molar-refractivity contribution < 1.29 is 14.0 Å². The van der Waals surface area contributed by atoms with Gasteiger partial charge in [0.1, 0.15) is 11.8 Å². The minimum atomic E-state index is -1.15. The van der Waals surface area contributed by atoms with E-state index in [1.165, 1.54) is 6.21 Å². The minimum absolute atomic E-state index is 0.118. The van der Waals surface area contributed by atoms with Gasteiger partial charge in [-0.3, -0.25) is 0 Å². The topological polar surface area (TPSA) is 30.8 Å². The first kappa shape index (κ1) is 8.94. The molecule has 13 heavy (non-hydrogen) atoms. The molecule has 2 rings (SSSR count). The molecule has 74 valence electrons. The lowest BCUT2D eigenvalue weighted by Crippen LogP contribution is -2.22. The van der Waals surface area contributed by atoms with Crippen molar-refractivity contribution in [3.8, 4) is 0 Å². The van der Waals surface area contributed by atoms with Crippen molar-refractivity contribution in [2.45, 2.75) is 37.5 Å². The molecule has 0 N–H and O–H groups in total. The van der Waals surface area contributed by atoms with E-state index in [0.717, 1.165) is 26.1 Å². The summed E-state index contributed by atoms with van der Waals surface area (Å²) in [4.78, 5) is 5.15. The summed E-state index contributed by atoms with van der Waals surface area (Å²) >= 11 is 0. The molecule has 0 bridgehead atoms. The smallest absolute Gasteiger partial charge is 0.149 e. The van der Waals surface area contributed by atoms with Crippen molar-refractivity contribution >= 4 is 6.21 Å². The van der Waals surface area contributed by atoms with Gasteiger partial charge in [-0.25, -0.2) is 4.39 Å². The Hall–Kier alpha value is -0.640. The van der Waals surface area contributed by atoms with Gasteiger partial charge in [-0.15, -0.1) is 0 Å². The highest BCUT2D eigenvalue weighted by Crippen LogP contribution is 2.37. The van der Waals surface area contributed by atoms with Crippen LogP contribution in [-0.4, -0.2) is 31.2 Å². The van der Waals surface area contributed by atoms with Gasteiger partial charge in [0.05, 0.1) is 19.4 Å². The zero-order chi connectivity index (χ0) is 9.15. The molecule has 3 nitrogen and oxygen atoms in total. The van der Waals surface area contributed by atoms with Crippen LogP contribution < -0.4 is 0 Å². The third kappa shape index (κ3) is 2.66. The van der Waals surface area contributed by atoms with E-state index in [4.69, 9.17) is 9.57 Å². The van der Waals surface area contributed by atoms with Crippen LogP contribution in [0.4, 0.5) is 4.39 Å². The second-order valence-corrected chi connectivity index (χ2v) is 3.69. The van der Waals surface area contributed by atoms with Crippen LogP contribution in [0.1, 0.15) is 25.7 Å². The summed E-state index contributed by atoms with van der Waals surface area (Å²) in [5.41, 5.74) is -1.15. The van der Waals surface area contributed by atoms with Crippen LogP contribution in [0.15, 0.2) is 5.16 Å². The highest BCUT2D eigenvalue weighted by atomic mass is 19.1. The molecule has 4 heteroatoms. The van der Waals surface area contributed by atoms with Crippen LogP contribution in [0, 0.1) is 0 Å². The van der Waals surface area contributed by atoms with E-state index in [2.05, 4.69) is 5.16 Å². The predicted molar refractivity (Wildman–Crippen MR) is 46.5 cm³/mol. The molecule has 2 aliphatic rings. The van der Waals surface area contributed by atoms with Gasteiger partial charge < -0.3 is 9.57 Å². The molecule has 1 saturated carbocycles. The molecule has 0 unspecified atom stereocenters. The third-order valence-corrected chi connectivity index (χ3v) is 2.39. The number of oxime groups is 1. The zero-order valence-electron chi connectivity index (χ0n) is 7.54. The highest BCUT2D eigenvalue weighted by molar-refractivity contribution is 5.71. The number of ether oxygens (including phenoxy) is 1. The molecule has 1 heterocycles. The fourth-order valence-electron chi connectivity index (χ4n) is 1.24. The standard InChI is InChI=1S/C9H14FNO2/c10-9(3-4-9)7-11-13-8-1-5-12-6-2-8/h7-8H,1-6H2/b11-7+. The molecule has 0 amide bonds. The van der Waals surface area contributed by atoms with E-state index >= 15 is 0 Å². The number of rotatable bonds is 3. The number of alkyl halides is 1. The SMILES string of the molecule is FC1(/C=N/OC2CCOCC2)CC1. The summed E-state index contributed by atoms with van der Waals surface area (Å²) in [5, 5.41) is 3.67. The first-order chi connectivity index (χ1) is 6.29. The zero-order valence-corrected chi connectivity index (χ0v) is 7.54. The maximum absolute atomic E-state index is 13.0. The third-order valence-electron chi connectivity index (χ3n) is 2.39. The van der Waals surface area contributed by atoms with Gasteiger partial charge >= 0.3 is 0 Å². The summed E-state index contributed by atoms with van der Waals surface area (Å²) in [6, 6.07) is 0. The summed E-state index contributed by atoms with van der Waals surface area (Å²) < 4.78 is 18.2. The Morgan fingerprint density at radius 1 is 1.38 bits per heavy atom. The van der Waals surface area contributed by atoms with E-state index in [1.54, 1.807) is 0 Å². The minimum Gasteiger partial charge on any atom is -0.393 e. The van der Waals surface area contributed by atoms with Crippen LogP contribution in [0.25, 0.3) is 0 Å². The summed E-state index contributed by atoms with van der Waals surface area (Å²) in [5.74, 6) is 0. The highest BCUT2D eigenvalue weighted by Gasteiger charge is 2.42. The van der Waals surface area contributed by atoms with Crippen molar-refractivity contribution in [2.75, 3.05) is 13.2 Å². The van der Waals surface area contributed by atoms with E-state index in [9.17, 15) is 4.39 Å². The van der Waals surface area contributed by atoms with E-state index in [1.807, 2.05) is 0 Å². The second kappa shape index (κ2) is 3.62. The molecule has 1 saturated heterocycles. The molecule has 0 atom stereocenters. The molecule has 0 spiro atoms. The van der Waals surface area contributed by atoms with Crippen LogP contribution in [0.2, 0.25) is 0 Å². The van der Waals surface area contributed by atoms with Gasteiger partial charge in [-0.2, -0.15) is 0 Å². The first-order valence-electron chi connectivity index (χ1n) is 4.76. The molecule has 1 aliphatic carbocycles. The molecule has 0 aromatic rings. The number of halogens is 1. The fraction of sp³-hybridized carbons (Fsp3) is 0.889. The van der Waals surface area contributed by atoms with Crippen LogP contribution in [-0.2, 0) is 9.57 Å². The molecule has 1 aliphatic heterocycles. The number of hydrogen-bond acceptors (Lipinski definition) is 3. The van der Waals surface area contributed by atoms with Crippen molar-refractivity contribution in [1.29, 1.82) is 0 Å². The second-order valence-electron chi connectivity index (χ2n) is 3.69. The summed E-state index contributed by atoms with van der Waals surface area (Å²) in [7, 11) is 0. The van der Waals surface area contributed by atoms with Crippen molar-refractivity contribution in [3.63, 3.8) is 0 Å². The van der Waals surface area contributed by atoms with Crippen LogP contribution in [0.5, 0.6) is 0 Å². The van der Waals surface area contributed by atoms with Crippen molar-refractivity contribution in [3.05, 3.63) is 0 Å². The fourth-order valence-corrected chi connectivity index (χ4v) is 1.24. The van der Waals surface area contributed by atoms with E-state index in [-0.39, 0.29) is 6.10 Å². The molecular weight excluding hydrogens is 173 g/mol. The largest absolute Gasteiger partial charge is 0.393 e. The Morgan fingerprint density at radius 3 is 2.69 bits per heavy atom. The Morgan fingerprint density at radius 2 is 2.08 bits per heavy atom. The lowest BCUT2D eigenvalue weighted by Gasteiger charge is -2.19. The van der Waals surface area contributed by atoms with Gasteiger partial charge in [0.25, 0.3) is 0 Å². The van der Waals surface area contributed by atoms with Gasteiger partial charge in [0, 0.05) is 12.8 Å².